The van der Waals surface area contributed by atoms with Crippen LogP contribution in [0.25, 0.3) is 72.0 Å². The Morgan fingerprint density at radius 1 is 0.356 bits per heavy atom. The molecule has 0 fully saturated rings. The number of hydrogen-bond donors (Lipinski definition) is 0. The molecular weight excluding hydrogens is 713 g/mol. The molecule has 1 aliphatic carbocycles. The minimum absolute atomic E-state index is 0.127. The smallest absolute Gasteiger partial charge is 0.0541 e. The first-order valence-corrected chi connectivity index (χ1v) is 20.5. The van der Waals surface area contributed by atoms with Crippen LogP contribution in [0.5, 0.6) is 0 Å². The maximum absolute atomic E-state index is 2.45. The molecule has 0 radical (unpaired) electrons. The quantitative estimate of drug-likeness (QED) is 0.157. The highest BCUT2D eigenvalue weighted by Crippen LogP contribution is 2.51. The summed E-state index contributed by atoms with van der Waals surface area (Å²) in [4.78, 5) is 2.45. The van der Waals surface area contributed by atoms with E-state index in [0.717, 1.165) is 39.4 Å². The average Bonchev–Trinajstić information content (AvgIpc) is 3.75. The minimum atomic E-state index is -0.127. The summed E-state index contributed by atoms with van der Waals surface area (Å²) in [5, 5.41) is 2.51. The monoisotopic (exact) mass is 754 g/mol. The number of hydrogen-bond acceptors (Lipinski definition) is 1. The summed E-state index contributed by atoms with van der Waals surface area (Å²) in [5.74, 6) is 0. The number of rotatable bonds is 7. The normalized spacial score (nSPS) is 12.7. The predicted molar refractivity (Wildman–Crippen MR) is 249 cm³/mol. The molecule has 59 heavy (non-hydrogen) atoms. The maximum Gasteiger partial charge on any atom is 0.0541 e. The van der Waals surface area contributed by atoms with Gasteiger partial charge < -0.3 is 9.47 Å². The molecule has 0 unspecified atom stereocenters. The Bertz CT molecular complexity index is 3140. The Labute approximate surface area is 345 Å². The molecule has 1 aliphatic rings. The second kappa shape index (κ2) is 13.9. The number of fused-ring (bicyclic) bond motifs is 6. The van der Waals surface area contributed by atoms with Crippen molar-refractivity contribution in [3.05, 3.63) is 230 Å². The number of para-hydroxylation sites is 4. The third kappa shape index (κ3) is 5.71. The van der Waals surface area contributed by atoms with E-state index in [9.17, 15) is 0 Å². The second-order valence-electron chi connectivity index (χ2n) is 16.1. The van der Waals surface area contributed by atoms with Crippen LogP contribution in [0, 0.1) is 0 Å². The van der Waals surface area contributed by atoms with E-state index in [0.29, 0.717) is 0 Å². The molecule has 10 aromatic rings. The zero-order chi connectivity index (χ0) is 39.5. The van der Waals surface area contributed by atoms with Crippen LogP contribution in [0.15, 0.2) is 218 Å². The molecule has 0 saturated carbocycles. The summed E-state index contributed by atoms with van der Waals surface area (Å²) in [6.07, 6.45) is 0. The van der Waals surface area contributed by atoms with Crippen molar-refractivity contribution in [2.75, 3.05) is 4.90 Å². The number of nitrogens with zero attached hydrogens (tertiary/aromatic N) is 2. The predicted octanol–water partition coefficient (Wildman–Crippen LogP) is 15.6. The first-order chi connectivity index (χ1) is 29.0. The molecule has 2 nitrogen and oxygen atoms in total. The van der Waals surface area contributed by atoms with Crippen molar-refractivity contribution in [2.24, 2.45) is 0 Å². The lowest BCUT2D eigenvalue weighted by Crippen LogP contribution is -2.17. The molecule has 0 spiro atoms. The summed E-state index contributed by atoms with van der Waals surface area (Å²) >= 11 is 0. The summed E-state index contributed by atoms with van der Waals surface area (Å²) in [6, 6.07) is 79.9. The lowest BCUT2D eigenvalue weighted by atomic mass is 9.82. The third-order valence-corrected chi connectivity index (χ3v) is 12.4. The van der Waals surface area contributed by atoms with Gasteiger partial charge in [-0.05, 0) is 105 Å². The van der Waals surface area contributed by atoms with Crippen molar-refractivity contribution in [3.63, 3.8) is 0 Å². The van der Waals surface area contributed by atoms with Crippen LogP contribution in [0.3, 0.4) is 0 Å². The van der Waals surface area contributed by atoms with Crippen LogP contribution in [-0.4, -0.2) is 4.57 Å². The van der Waals surface area contributed by atoms with E-state index in [1.54, 1.807) is 0 Å². The van der Waals surface area contributed by atoms with Crippen LogP contribution in [0.4, 0.5) is 17.1 Å². The maximum atomic E-state index is 2.45. The van der Waals surface area contributed by atoms with E-state index in [2.05, 4.69) is 242 Å². The lowest BCUT2D eigenvalue weighted by Gasteiger charge is -2.30. The summed E-state index contributed by atoms with van der Waals surface area (Å²) in [5.41, 5.74) is 19.2. The SMILES string of the molecule is CC1(C)c2ccccc2-c2ccc(N(c3ccccc3)c3ccc(-c4ccccc4-n4c5ccccc5c5ccccc54)cc3-c3cccc(-c4ccccc4)c3)cc21. The molecule has 0 amide bonds. The Morgan fingerprint density at radius 3 is 1.69 bits per heavy atom. The van der Waals surface area contributed by atoms with Gasteiger partial charge in [-0.2, -0.15) is 0 Å². The second-order valence-corrected chi connectivity index (χ2v) is 16.1. The molecular formula is C57H42N2. The standard InChI is InChI=1S/C57H42N2/c1-57(2)51-28-13-9-25-46(51)47-34-33-44(38-52(47)57)58(43-22-7-4-8-23-43)56-35-32-42(37-50(56)41-21-17-20-40(36-41)39-18-5-3-6-19-39)45-24-10-14-29-53(45)59-54-30-15-11-26-48(54)49-27-12-16-31-55(49)59/h3-38H,1-2H3. The summed E-state index contributed by atoms with van der Waals surface area (Å²) < 4.78 is 2.43. The van der Waals surface area contributed by atoms with Crippen molar-refractivity contribution in [1.29, 1.82) is 0 Å². The fourth-order valence-corrected chi connectivity index (χ4v) is 9.56. The zero-order valence-corrected chi connectivity index (χ0v) is 33.2. The van der Waals surface area contributed by atoms with Gasteiger partial charge in [0.1, 0.15) is 0 Å². The Balaban J connectivity index is 1.15. The molecule has 0 saturated heterocycles. The van der Waals surface area contributed by atoms with E-state index in [1.165, 1.54) is 60.8 Å². The van der Waals surface area contributed by atoms with E-state index in [4.69, 9.17) is 0 Å². The molecule has 0 bridgehead atoms. The number of benzene rings is 9. The molecule has 280 valence electrons. The Morgan fingerprint density at radius 2 is 0.932 bits per heavy atom. The van der Waals surface area contributed by atoms with Crippen molar-refractivity contribution < 1.29 is 0 Å². The van der Waals surface area contributed by atoms with E-state index in [1.807, 2.05) is 0 Å². The van der Waals surface area contributed by atoms with Gasteiger partial charge in [0.25, 0.3) is 0 Å². The van der Waals surface area contributed by atoms with Gasteiger partial charge in [0, 0.05) is 38.7 Å². The highest BCUT2D eigenvalue weighted by molar-refractivity contribution is 6.10. The number of anilines is 3. The van der Waals surface area contributed by atoms with Crippen LogP contribution in [0.2, 0.25) is 0 Å². The largest absolute Gasteiger partial charge is 0.310 e. The zero-order valence-electron chi connectivity index (χ0n) is 33.2. The van der Waals surface area contributed by atoms with Gasteiger partial charge in [0.15, 0.2) is 0 Å². The van der Waals surface area contributed by atoms with Crippen LogP contribution < -0.4 is 4.90 Å². The van der Waals surface area contributed by atoms with Crippen LogP contribution in [-0.2, 0) is 5.41 Å². The van der Waals surface area contributed by atoms with Crippen molar-refractivity contribution in [3.8, 4) is 50.2 Å². The van der Waals surface area contributed by atoms with Gasteiger partial charge in [0.05, 0.1) is 22.4 Å². The summed E-state index contributed by atoms with van der Waals surface area (Å²) in [7, 11) is 0. The first kappa shape index (κ1) is 34.8. The average molecular weight is 755 g/mol. The molecule has 9 aromatic carbocycles. The highest BCUT2D eigenvalue weighted by atomic mass is 15.1. The Kier molecular flexibility index (Phi) is 8.20. The third-order valence-electron chi connectivity index (χ3n) is 12.4. The van der Waals surface area contributed by atoms with Gasteiger partial charge in [-0.3, -0.25) is 0 Å². The fourth-order valence-electron chi connectivity index (χ4n) is 9.56. The minimum Gasteiger partial charge on any atom is -0.310 e. The number of aromatic nitrogens is 1. The van der Waals surface area contributed by atoms with Gasteiger partial charge in [-0.25, -0.2) is 0 Å². The molecule has 11 rings (SSSR count). The van der Waals surface area contributed by atoms with Gasteiger partial charge in [-0.1, -0.05) is 172 Å². The fraction of sp³-hybridized carbons (Fsp3) is 0.0526. The Hall–Kier alpha value is -7.42. The molecule has 0 N–H and O–H groups in total. The lowest BCUT2D eigenvalue weighted by molar-refractivity contribution is 0.660. The molecule has 0 atom stereocenters. The van der Waals surface area contributed by atoms with Gasteiger partial charge in [-0.15, -0.1) is 0 Å². The van der Waals surface area contributed by atoms with Crippen molar-refractivity contribution in [1.82, 2.24) is 4.57 Å². The van der Waals surface area contributed by atoms with Crippen LogP contribution in [0.1, 0.15) is 25.0 Å². The molecule has 2 heteroatoms. The van der Waals surface area contributed by atoms with E-state index >= 15 is 0 Å². The van der Waals surface area contributed by atoms with Crippen molar-refractivity contribution in [2.45, 2.75) is 19.3 Å². The van der Waals surface area contributed by atoms with Gasteiger partial charge in [0.2, 0.25) is 0 Å². The molecule has 1 heterocycles. The van der Waals surface area contributed by atoms with Crippen molar-refractivity contribution >= 4 is 38.9 Å². The van der Waals surface area contributed by atoms with E-state index < -0.39 is 0 Å². The highest BCUT2D eigenvalue weighted by Gasteiger charge is 2.36. The van der Waals surface area contributed by atoms with Crippen LogP contribution >= 0.6 is 0 Å². The van der Waals surface area contributed by atoms with E-state index in [-0.39, 0.29) is 5.41 Å². The molecule has 0 aliphatic heterocycles. The summed E-state index contributed by atoms with van der Waals surface area (Å²) in [6.45, 7) is 4.72. The van der Waals surface area contributed by atoms with Gasteiger partial charge >= 0.3 is 0 Å². The topological polar surface area (TPSA) is 8.17 Å². The first-order valence-electron chi connectivity index (χ1n) is 20.5. The molecule has 1 aromatic heterocycles.